The van der Waals surface area contributed by atoms with Crippen molar-refractivity contribution in [3.05, 3.63) is 28.2 Å². The summed E-state index contributed by atoms with van der Waals surface area (Å²) >= 11 is 5.11. The molecule has 1 N–H and O–H groups in total. The van der Waals surface area contributed by atoms with Gasteiger partial charge in [-0.2, -0.15) is 0 Å². The Kier molecular flexibility index (Phi) is 3.62. The van der Waals surface area contributed by atoms with Gasteiger partial charge in [-0.1, -0.05) is 22.0 Å². The van der Waals surface area contributed by atoms with Crippen molar-refractivity contribution < 1.29 is 5.11 Å². The summed E-state index contributed by atoms with van der Waals surface area (Å²) in [7, 11) is 0. The van der Waals surface area contributed by atoms with Crippen molar-refractivity contribution in [2.75, 3.05) is 6.26 Å². The van der Waals surface area contributed by atoms with Crippen LogP contribution in [0.5, 0.6) is 0 Å². The largest absolute Gasteiger partial charge is 0.389 e. The van der Waals surface area contributed by atoms with Gasteiger partial charge in [0.25, 0.3) is 0 Å². The summed E-state index contributed by atoms with van der Waals surface area (Å²) in [5.74, 6) is 0. The molecule has 1 atom stereocenters. The van der Waals surface area contributed by atoms with E-state index in [0.29, 0.717) is 0 Å². The van der Waals surface area contributed by atoms with Crippen molar-refractivity contribution in [2.45, 2.75) is 17.9 Å². The molecule has 0 aromatic heterocycles. The van der Waals surface area contributed by atoms with Crippen LogP contribution in [0, 0.1) is 0 Å². The molecule has 1 aromatic rings. The van der Waals surface area contributed by atoms with Gasteiger partial charge in [0.05, 0.1) is 6.10 Å². The number of aliphatic hydroxyl groups is 1. The average Bonchev–Trinajstić information content (AvgIpc) is 2.03. The van der Waals surface area contributed by atoms with Gasteiger partial charge in [-0.25, -0.2) is 0 Å². The summed E-state index contributed by atoms with van der Waals surface area (Å²) < 4.78 is 0.976. The van der Waals surface area contributed by atoms with E-state index in [4.69, 9.17) is 0 Å². The van der Waals surface area contributed by atoms with E-state index in [1.165, 1.54) is 4.90 Å². The molecule has 1 rings (SSSR count). The zero-order valence-electron chi connectivity index (χ0n) is 7.04. The second kappa shape index (κ2) is 4.30. The second-order valence-corrected chi connectivity index (χ2v) is 4.30. The molecule has 1 unspecified atom stereocenters. The Morgan fingerprint density at radius 3 is 2.58 bits per heavy atom. The molecule has 0 aliphatic carbocycles. The quantitative estimate of drug-likeness (QED) is 0.809. The van der Waals surface area contributed by atoms with E-state index in [-0.39, 0.29) is 0 Å². The van der Waals surface area contributed by atoms with Crippen molar-refractivity contribution in [1.82, 2.24) is 0 Å². The van der Waals surface area contributed by atoms with Crippen LogP contribution in [0.4, 0.5) is 0 Å². The minimum atomic E-state index is -0.407. The van der Waals surface area contributed by atoms with Gasteiger partial charge in [0, 0.05) is 9.37 Å². The summed E-state index contributed by atoms with van der Waals surface area (Å²) in [5, 5.41) is 9.33. The predicted molar refractivity (Wildman–Crippen MR) is 56.6 cm³/mol. The highest BCUT2D eigenvalue weighted by Gasteiger charge is 2.05. The summed E-state index contributed by atoms with van der Waals surface area (Å²) in [6.45, 7) is 1.76. The van der Waals surface area contributed by atoms with Gasteiger partial charge < -0.3 is 5.11 Å². The summed E-state index contributed by atoms with van der Waals surface area (Å²) in [6, 6.07) is 5.98. The maximum absolute atomic E-state index is 9.33. The molecule has 0 aliphatic rings. The van der Waals surface area contributed by atoms with E-state index in [1.807, 2.05) is 24.5 Å². The molecule has 0 radical (unpaired) electrons. The third-order valence-electron chi connectivity index (χ3n) is 1.66. The lowest BCUT2D eigenvalue weighted by Crippen LogP contribution is -1.91. The van der Waals surface area contributed by atoms with Gasteiger partial charge in [0.1, 0.15) is 0 Å². The fraction of sp³-hybridized carbons (Fsp3) is 0.333. The van der Waals surface area contributed by atoms with Gasteiger partial charge in [0.15, 0.2) is 0 Å². The molecule has 0 bridgehead atoms. The highest BCUT2D eigenvalue weighted by molar-refractivity contribution is 9.10. The lowest BCUT2D eigenvalue weighted by atomic mass is 10.1. The Morgan fingerprint density at radius 1 is 1.50 bits per heavy atom. The van der Waals surface area contributed by atoms with Crippen LogP contribution in [0.25, 0.3) is 0 Å². The Bertz CT molecular complexity index is 273. The minimum absolute atomic E-state index is 0.407. The van der Waals surface area contributed by atoms with Gasteiger partial charge in [0.2, 0.25) is 0 Å². The first kappa shape index (κ1) is 10.1. The first-order valence-electron chi connectivity index (χ1n) is 3.66. The molecule has 0 fully saturated rings. The maximum Gasteiger partial charge on any atom is 0.0772 e. The van der Waals surface area contributed by atoms with Crippen molar-refractivity contribution in [3.8, 4) is 0 Å². The van der Waals surface area contributed by atoms with Crippen LogP contribution < -0.4 is 0 Å². The van der Waals surface area contributed by atoms with Gasteiger partial charge >= 0.3 is 0 Å². The molecule has 0 aliphatic heterocycles. The Labute approximate surface area is 85.3 Å². The fourth-order valence-corrected chi connectivity index (χ4v) is 2.28. The van der Waals surface area contributed by atoms with E-state index in [9.17, 15) is 5.11 Å². The molecule has 3 heteroatoms. The van der Waals surface area contributed by atoms with E-state index in [2.05, 4.69) is 15.9 Å². The highest BCUT2D eigenvalue weighted by atomic mass is 79.9. The van der Waals surface area contributed by atoms with E-state index in [1.54, 1.807) is 18.7 Å². The average molecular weight is 247 g/mol. The lowest BCUT2D eigenvalue weighted by molar-refractivity contribution is 0.198. The lowest BCUT2D eigenvalue weighted by Gasteiger charge is -2.08. The maximum atomic E-state index is 9.33. The van der Waals surface area contributed by atoms with Crippen molar-refractivity contribution >= 4 is 27.7 Å². The van der Waals surface area contributed by atoms with Crippen LogP contribution in [0.1, 0.15) is 18.6 Å². The third-order valence-corrected chi connectivity index (χ3v) is 3.07. The number of benzene rings is 1. The molecule has 0 spiro atoms. The topological polar surface area (TPSA) is 20.2 Å². The number of hydrogen-bond acceptors (Lipinski definition) is 2. The normalized spacial score (nSPS) is 13.0. The molecule has 0 amide bonds. The zero-order valence-corrected chi connectivity index (χ0v) is 9.45. The van der Waals surface area contributed by atoms with Crippen LogP contribution in [-0.2, 0) is 0 Å². The standard InChI is InChI=1S/C9H11BrOS/c1-6(11)8-4-3-7(12-2)5-9(8)10/h3-6,11H,1-2H3. The Hall–Kier alpha value is 0.01000. The minimum Gasteiger partial charge on any atom is -0.389 e. The van der Waals surface area contributed by atoms with E-state index < -0.39 is 6.10 Å². The molecular weight excluding hydrogens is 236 g/mol. The number of hydrogen-bond donors (Lipinski definition) is 1. The van der Waals surface area contributed by atoms with Gasteiger partial charge in [-0.05, 0) is 30.9 Å². The fourth-order valence-electron chi connectivity index (χ4n) is 0.974. The monoisotopic (exact) mass is 246 g/mol. The molecular formula is C9H11BrOS. The molecule has 0 saturated heterocycles. The number of rotatable bonds is 2. The molecule has 0 saturated carbocycles. The van der Waals surface area contributed by atoms with Crippen molar-refractivity contribution in [3.63, 3.8) is 0 Å². The van der Waals surface area contributed by atoms with Crippen LogP contribution in [0.15, 0.2) is 27.6 Å². The Morgan fingerprint density at radius 2 is 2.17 bits per heavy atom. The highest BCUT2D eigenvalue weighted by Crippen LogP contribution is 2.27. The molecule has 0 heterocycles. The Balaban J connectivity index is 3.03. The number of thioether (sulfide) groups is 1. The SMILES string of the molecule is CSc1ccc(C(C)O)c(Br)c1. The van der Waals surface area contributed by atoms with Crippen LogP contribution in [0.3, 0.4) is 0 Å². The van der Waals surface area contributed by atoms with E-state index >= 15 is 0 Å². The first-order valence-corrected chi connectivity index (χ1v) is 5.68. The van der Waals surface area contributed by atoms with Crippen LogP contribution in [0.2, 0.25) is 0 Å². The summed E-state index contributed by atoms with van der Waals surface area (Å²) in [5.41, 5.74) is 0.938. The summed E-state index contributed by atoms with van der Waals surface area (Å²) in [4.78, 5) is 1.20. The van der Waals surface area contributed by atoms with Gasteiger partial charge in [-0.15, -0.1) is 11.8 Å². The number of aliphatic hydroxyl groups excluding tert-OH is 1. The third kappa shape index (κ3) is 2.25. The molecule has 1 aromatic carbocycles. The van der Waals surface area contributed by atoms with Crippen molar-refractivity contribution in [1.29, 1.82) is 0 Å². The molecule has 1 nitrogen and oxygen atoms in total. The molecule has 66 valence electrons. The smallest absolute Gasteiger partial charge is 0.0772 e. The van der Waals surface area contributed by atoms with Crippen molar-refractivity contribution in [2.24, 2.45) is 0 Å². The second-order valence-electron chi connectivity index (χ2n) is 2.56. The van der Waals surface area contributed by atoms with E-state index in [0.717, 1.165) is 10.0 Å². The van der Waals surface area contributed by atoms with Gasteiger partial charge in [-0.3, -0.25) is 0 Å². The number of halogens is 1. The van der Waals surface area contributed by atoms with Crippen LogP contribution in [-0.4, -0.2) is 11.4 Å². The van der Waals surface area contributed by atoms with Crippen LogP contribution >= 0.6 is 27.7 Å². The molecule has 12 heavy (non-hydrogen) atoms. The predicted octanol–water partition coefficient (Wildman–Crippen LogP) is 3.22. The first-order chi connectivity index (χ1) is 5.65. The zero-order chi connectivity index (χ0) is 9.14. The summed E-state index contributed by atoms with van der Waals surface area (Å²) in [6.07, 6.45) is 1.62.